The van der Waals surface area contributed by atoms with Crippen molar-refractivity contribution < 1.29 is 4.79 Å². The van der Waals surface area contributed by atoms with Crippen LogP contribution < -0.4 is 0 Å². The SMILES string of the molecule is CC1(C)CCN2C(=O)[C@@]34CCC[C@@H]3C[C@]21S4. The predicted molar refractivity (Wildman–Crippen MR) is 65.1 cm³/mol. The fraction of sp³-hybridized carbons (Fsp3) is 0.923. The van der Waals surface area contributed by atoms with Crippen LogP contribution in [0.1, 0.15) is 46.0 Å². The second kappa shape index (κ2) is 2.47. The molecule has 2 bridgehead atoms. The average molecular weight is 237 g/mol. The molecule has 0 radical (unpaired) electrons. The minimum atomic E-state index is 0.0255. The number of amides is 1. The van der Waals surface area contributed by atoms with E-state index in [1.807, 2.05) is 0 Å². The summed E-state index contributed by atoms with van der Waals surface area (Å²) in [6.45, 7) is 5.74. The number of hydrogen-bond donors (Lipinski definition) is 0. The third kappa shape index (κ3) is 0.756. The monoisotopic (exact) mass is 237 g/mol. The Morgan fingerprint density at radius 3 is 3.00 bits per heavy atom. The van der Waals surface area contributed by atoms with Gasteiger partial charge in [0.05, 0.1) is 9.62 Å². The third-order valence-corrected chi connectivity index (χ3v) is 8.05. The minimum absolute atomic E-state index is 0.0255. The first-order valence-corrected chi connectivity index (χ1v) is 7.36. The van der Waals surface area contributed by atoms with Crippen molar-refractivity contribution in [2.24, 2.45) is 11.3 Å². The fourth-order valence-corrected chi connectivity index (χ4v) is 7.02. The normalized spacial score (nSPS) is 52.2. The molecule has 3 aliphatic heterocycles. The molecule has 4 fully saturated rings. The number of nitrogens with zero attached hydrogens (tertiary/aromatic N) is 1. The van der Waals surface area contributed by atoms with Gasteiger partial charge < -0.3 is 4.90 Å². The van der Waals surface area contributed by atoms with Crippen LogP contribution in [-0.2, 0) is 4.79 Å². The number of carbonyl (C=O) groups is 1. The molecule has 3 atom stereocenters. The second-order valence-corrected chi connectivity index (χ2v) is 8.27. The summed E-state index contributed by atoms with van der Waals surface area (Å²) in [6.07, 6.45) is 6.18. The van der Waals surface area contributed by atoms with Crippen LogP contribution >= 0.6 is 11.8 Å². The first-order chi connectivity index (χ1) is 7.52. The van der Waals surface area contributed by atoms with E-state index in [-0.39, 0.29) is 9.62 Å². The Balaban J connectivity index is 1.88. The zero-order chi connectivity index (χ0) is 11.2. The Morgan fingerprint density at radius 2 is 2.19 bits per heavy atom. The van der Waals surface area contributed by atoms with Gasteiger partial charge in [0.25, 0.3) is 0 Å². The van der Waals surface area contributed by atoms with Crippen LogP contribution in [-0.4, -0.2) is 27.0 Å². The van der Waals surface area contributed by atoms with E-state index >= 15 is 0 Å². The van der Waals surface area contributed by atoms with Gasteiger partial charge in [-0.05, 0) is 37.0 Å². The molecule has 0 N–H and O–H groups in total. The second-order valence-electron chi connectivity index (χ2n) is 6.66. The molecule has 4 rings (SSSR count). The molecule has 4 aliphatic rings. The Labute approximate surface area is 101 Å². The number of piperidine rings is 1. The first-order valence-electron chi connectivity index (χ1n) is 6.54. The first kappa shape index (κ1) is 9.81. The van der Waals surface area contributed by atoms with E-state index in [2.05, 4.69) is 30.5 Å². The molecule has 0 aromatic rings. The van der Waals surface area contributed by atoms with Gasteiger partial charge in [0.2, 0.25) is 5.91 Å². The van der Waals surface area contributed by atoms with Crippen LogP contribution in [0.15, 0.2) is 0 Å². The number of hydrogen-bond acceptors (Lipinski definition) is 2. The molecule has 16 heavy (non-hydrogen) atoms. The van der Waals surface area contributed by atoms with Crippen LogP contribution in [0.4, 0.5) is 0 Å². The van der Waals surface area contributed by atoms with E-state index in [4.69, 9.17) is 0 Å². The predicted octanol–water partition coefficient (Wildman–Crippen LogP) is 2.63. The molecule has 0 aromatic heterocycles. The van der Waals surface area contributed by atoms with E-state index in [0.29, 0.717) is 17.2 Å². The Hall–Kier alpha value is -0.180. The maximum absolute atomic E-state index is 12.6. The summed E-state index contributed by atoms with van der Waals surface area (Å²) in [7, 11) is 0. The highest BCUT2D eigenvalue weighted by molar-refractivity contribution is 8.03. The van der Waals surface area contributed by atoms with Gasteiger partial charge in [-0.2, -0.15) is 0 Å². The summed E-state index contributed by atoms with van der Waals surface area (Å²) in [6, 6.07) is 0. The lowest BCUT2D eigenvalue weighted by atomic mass is 9.75. The summed E-state index contributed by atoms with van der Waals surface area (Å²) in [5, 5.41) is 0. The van der Waals surface area contributed by atoms with Gasteiger partial charge in [-0.15, -0.1) is 11.8 Å². The molecule has 1 saturated carbocycles. The largest absolute Gasteiger partial charge is 0.326 e. The lowest BCUT2D eigenvalue weighted by Gasteiger charge is -2.41. The molecule has 3 heteroatoms. The molecule has 1 amide bonds. The van der Waals surface area contributed by atoms with E-state index in [1.54, 1.807) is 0 Å². The van der Waals surface area contributed by atoms with E-state index in [9.17, 15) is 4.79 Å². The highest BCUT2D eigenvalue weighted by Gasteiger charge is 2.76. The van der Waals surface area contributed by atoms with Crippen LogP contribution in [0.2, 0.25) is 0 Å². The maximum Gasteiger partial charge on any atom is 0.240 e. The summed E-state index contributed by atoms with van der Waals surface area (Å²) < 4.78 is 0.0255. The minimum Gasteiger partial charge on any atom is -0.326 e. The molecular formula is C13H19NOS. The molecule has 2 spiro atoms. The van der Waals surface area contributed by atoms with Crippen LogP contribution in [0.3, 0.4) is 0 Å². The van der Waals surface area contributed by atoms with Crippen LogP contribution in [0, 0.1) is 11.3 Å². The van der Waals surface area contributed by atoms with Gasteiger partial charge in [-0.1, -0.05) is 20.3 Å². The van der Waals surface area contributed by atoms with Crippen LogP contribution in [0.25, 0.3) is 0 Å². The summed E-state index contributed by atoms with van der Waals surface area (Å²) in [5.74, 6) is 1.19. The van der Waals surface area contributed by atoms with Crippen molar-refractivity contribution in [1.82, 2.24) is 4.90 Å². The van der Waals surface area contributed by atoms with Crippen molar-refractivity contribution in [2.45, 2.75) is 55.6 Å². The quantitative estimate of drug-likeness (QED) is 0.645. The van der Waals surface area contributed by atoms with Gasteiger partial charge in [-0.3, -0.25) is 4.79 Å². The van der Waals surface area contributed by atoms with E-state index < -0.39 is 0 Å². The molecule has 88 valence electrons. The molecule has 0 aromatic carbocycles. The van der Waals surface area contributed by atoms with Gasteiger partial charge in [0.1, 0.15) is 0 Å². The zero-order valence-corrected chi connectivity index (χ0v) is 10.9. The van der Waals surface area contributed by atoms with Gasteiger partial charge in [-0.25, -0.2) is 0 Å². The van der Waals surface area contributed by atoms with E-state index in [0.717, 1.165) is 13.0 Å². The van der Waals surface area contributed by atoms with Gasteiger partial charge in [0, 0.05) is 6.54 Å². The van der Waals surface area contributed by atoms with Gasteiger partial charge >= 0.3 is 0 Å². The van der Waals surface area contributed by atoms with Crippen molar-refractivity contribution in [3.05, 3.63) is 0 Å². The topological polar surface area (TPSA) is 20.3 Å². The standard InChI is InChI=1S/C13H19NOS/c1-11(2)6-7-14-10(15)12-5-3-4-9(12)8-13(11,14)16-12/h9H,3-8H2,1-2H3/t9-,12-,13-/m1/s1. The number of thioether (sulfide) groups is 1. The van der Waals surface area contributed by atoms with Crippen LogP contribution in [0.5, 0.6) is 0 Å². The molecule has 1 aliphatic carbocycles. The molecule has 3 saturated heterocycles. The summed E-state index contributed by atoms with van der Waals surface area (Å²) in [5.41, 5.74) is 0.321. The van der Waals surface area contributed by atoms with Crippen molar-refractivity contribution in [1.29, 1.82) is 0 Å². The Kier molecular flexibility index (Phi) is 1.52. The van der Waals surface area contributed by atoms with Crippen molar-refractivity contribution in [3.8, 4) is 0 Å². The number of rotatable bonds is 0. The van der Waals surface area contributed by atoms with Crippen molar-refractivity contribution >= 4 is 17.7 Å². The summed E-state index contributed by atoms with van der Waals surface area (Å²) in [4.78, 5) is 15.1. The third-order valence-electron chi connectivity index (χ3n) is 5.70. The Morgan fingerprint density at radius 1 is 1.38 bits per heavy atom. The maximum atomic E-state index is 12.6. The van der Waals surface area contributed by atoms with Crippen molar-refractivity contribution in [2.75, 3.05) is 6.54 Å². The van der Waals surface area contributed by atoms with Crippen molar-refractivity contribution in [3.63, 3.8) is 0 Å². The smallest absolute Gasteiger partial charge is 0.240 e. The fourth-order valence-electron chi connectivity index (χ4n) is 4.66. The van der Waals surface area contributed by atoms with E-state index in [1.165, 1.54) is 25.7 Å². The lowest BCUT2D eigenvalue weighted by molar-refractivity contribution is -0.139. The molecular weight excluding hydrogens is 218 g/mol. The average Bonchev–Trinajstić information content (AvgIpc) is 2.83. The lowest BCUT2D eigenvalue weighted by Crippen LogP contribution is -2.52. The highest BCUT2D eigenvalue weighted by atomic mass is 32.2. The molecule has 0 unspecified atom stereocenters. The van der Waals surface area contributed by atoms with Gasteiger partial charge in [0.15, 0.2) is 0 Å². The Bertz CT molecular complexity index is 393. The summed E-state index contributed by atoms with van der Waals surface area (Å²) >= 11 is 2.06. The zero-order valence-electron chi connectivity index (χ0n) is 10.1. The molecule has 3 heterocycles. The molecule has 2 nitrogen and oxygen atoms in total. The highest BCUT2D eigenvalue weighted by Crippen LogP contribution is 2.74. The number of carbonyl (C=O) groups excluding carboxylic acids is 1.